The number of phenolic OH excluding ortho intramolecular Hbond substituents is 1. The number of amides is 1. The average molecular weight is 471 g/mol. The molecule has 3 N–H and O–H groups in total. The first kappa shape index (κ1) is 21.7. The number of carbonyl (C=O) groups excluding carboxylic acids is 1. The highest BCUT2D eigenvalue weighted by Gasteiger charge is 2.34. The van der Waals surface area contributed by atoms with Crippen LogP contribution in [0.2, 0.25) is 0 Å². The smallest absolute Gasteiger partial charge is 0.255 e. The number of pyridine rings is 1. The van der Waals surface area contributed by atoms with Crippen LogP contribution in [0, 0.1) is 0 Å². The zero-order valence-corrected chi connectivity index (χ0v) is 19.2. The van der Waals surface area contributed by atoms with Crippen LogP contribution in [0.25, 0.3) is 0 Å². The van der Waals surface area contributed by atoms with Gasteiger partial charge < -0.3 is 15.7 Å². The fraction of sp³-hybridized carbons (Fsp3) is 0.120. The predicted octanol–water partition coefficient (Wildman–Crippen LogP) is 4.60. The van der Waals surface area contributed by atoms with Crippen molar-refractivity contribution >= 4 is 29.3 Å². The molecule has 0 unspecified atom stereocenters. The molecule has 3 heterocycles. The first-order valence-corrected chi connectivity index (χ1v) is 11.7. The Labute approximate surface area is 200 Å². The Balaban J connectivity index is 1.49. The molecule has 0 fully saturated rings. The maximum absolute atomic E-state index is 13.4. The summed E-state index contributed by atoms with van der Waals surface area (Å²) in [7, 11) is 0. The minimum atomic E-state index is -0.521. The first-order valence-electron chi connectivity index (χ1n) is 10.7. The van der Waals surface area contributed by atoms with Crippen LogP contribution >= 0.6 is 11.8 Å². The van der Waals surface area contributed by atoms with E-state index in [2.05, 4.69) is 32.7 Å². The van der Waals surface area contributed by atoms with Crippen molar-refractivity contribution in [3.63, 3.8) is 0 Å². The average Bonchev–Trinajstić information content (AvgIpc) is 3.26. The van der Waals surface area contributed by atoms with Gasteiger partial charge in [0, 0.05) is 17.6 Å². The summed E-state index contributed by atoms with van der Waals surface area (Å²) in [6.07, 6.45) is 3.25. The Kier molecular flexibility index (Phi) is 6.01. The SMILES string of the molecule is CC1=C(C(=O)Nc2cccnc2)[C@@H](c2ccc(O)cc2)n2nc(SCc3ccccc3)nc2N1. The fourth-order valence-electron chi connectivity index (χ4n) is 3.81. The quantitative estimate of drug-likeness (QED) is 0.354. The summed E-state index contributed by atoms with van der Waals surface area (Å²) in [5.74, 6) is 1.17. The van der Waals surface area contributed by atoms with E-state index in [1.54, 1.807) is 53.5 Å². The van der Waals surface area contributed by atoms with Crippen LogP contribution in [0.4, 0.5) is 11.6 Å². The molecule has 8 nitrogen and oxygen atoms in total. The van der Waals surface area contributed by atoms with Crippen molar-refractivity contribution in [1.29, 1.82) is 0 Å². The number of thioether (sulfide) groups is 1. The molecule has 0 aliphatic carbocycles. The van der Waals surface area contributed by atoms with Crippen molar-refractivity contribution in [2.45, 2.75) is 23.9 Å². The van der Waals surface area contributed by atoms with E-state index >= 15 is 0 Å². The summed E-state index contributed by atoms with van der Waals surface area (Å²) in [6.45, 7) is 1.85. The van der Waals surface area contributed by atoms with Crippen LogP contribution in [0.15, 0.2) is 95.6 Å². The van der Waals surface area contributed by atoms with Gasteiger partial charge >= 0.3 is 0 Å². The Hall–Kier alpha value is -4.11. The van der Waals surface area contributed by atoms with Crippen LogP contribution in [0.5, 0.6) is 5.75 Å². The van der Waals surface area contributed by atoms with E-state index in [1.807, 2.05) is 25.1 Å². The number of phenols is 1. The molecule has 2 aromatic carbocycles. The van der Waals surface area contributed by atoms with E-state index in [1.165, 1.54) is 17.3 Å². The monoisotopic (exact) mass is 470 g/mol. The summed E-state index contributed by atoms with van der Waals surface area (Å²) < 4.78 is 1.73. The molecule has 0 bridgehead atoms. The summed E-state index contributed by atoms with van der Waals surface area (Å²) >= 11 is 1.53. The molecule has 1 aliphatic rings. The van der Waals surface area contributed by atoms with Crippen molar-refractivity contribution in [1.82, 2.24) is 19.7 Å². The molecule has 34 heavy (non-hydrogen) atoms. The molecule has 1 aliphatic heterocycles. The van der Waals surface area contributed by atoms with Gasteiger partial charge in [0.15, 0.2) is 0 Å². The molecule has 1 amide bonds. The van der Waals surface area contributed by atoms with Crippen LogP contribution in [-0.4, -0.2) is 30.8 Å². The van der Waals surface area contributed by atoms with Crippen LogP contribution in [0.3, 0.4) is 0 Å². The fourth-order valence-corrected chi connectivity index (χ4v) is 4.59. The lowest BCUT2D eigenvalue weighted by Gasteiger charge is -2.28. The third kappa shape index (κ3) is 4.51. The van der Waals surface area contributed by atoms with Crippen LogP contribution in [-0.2, 0) is 10.5 Å². The Morgan fingerprint density at radius 1 is 1.12 bits per heavy atom. The number of hydrogen-bond acceptors (Lipinski definition) is 7. The van der Waals surface area contributed by atoms with Crippen LogP contribution in [0.1, 0.15) is 24.1 Å². The second kappa shape index (κ2) is 9.40. The molecule has 0 radical (unpaired) electrons. The number of aromatic hydroxyl groups is 1. The number of nitrogens with zero attached hydrogens (tertiary/aromatic N) is 4. The summed E-state index contributed by atoms with van der Waals surface area (Å²) in [5.41, 5.74) is 3.76. The zero-order chi connectivity index (χ0) is 23.5. The Bertz CT molecular complexity index is 1340. The first-order chi connectivity index (χ1) is 16.6. The lowest BCUT2D eigenvalue weighted by molar-refractivity contribution is -0.113. The molecule has 1 atom stereocenters. The van der Waals surface area contributed by atoms with Gasteiger partial charge in [-0.1, -0.05) is 54.2 Å². The van der Waals surface area contributed by atoms with E-state index in [0.29, 0.717) is 28.1 Å². The summed E-state index contributed by atoms with van der Waals surface area (Å²) in [5, 5.41) is 21.3. The highest BCUT2D eigenvalue weighted by atomic mass is 32.2. The number of anilines is 2. The number of fused-ring (bicyclic) bond motifs is 1. The van der Waals surface area contributed by atoms with Crippen LogP contribution < -0.4 is 10.6 Å². The highest BCUT2D eigenvalue weighted by Crippen LogP contribution is 2.37. The zero-order valence-electron chi connectivity index (χ0n) is 18.3. The highest BCUT2D eigenvalue weighted by molar-refractivity contribution is 7.98. The van der Waals surface area contributed by atoms with Gasteiger partial charge in [-0.05, 0) is 42.3 Å². The molecular formula is C25H22N6O2S. The van der Waals surface area contributed by atoms with Crippen molar-refractivity contribution in [2.75, 3.05) is 10.6 Å². The topological polar surface area (TPSA) is 105 Å². The van der Waals surface area contributed by atoms with Gasteiger partial charge in [-0.3, -0.25) is 9.78 Å². The van der Waals surface area contributed by atoms with Gasteiger partial charge in [-0.25, -0.2) is 4.68 Å². The van der Waals surface area contributed by atoms with Gasteiger partial charge in [0.05, 0.1) is 17.5 Å². The van der Waals surface area contributed by atoms with Gasteiger partial charge in [0.25, 0.3) is 5.91 Å². The normalized spacial score (nSPS) is 14.9. The van der Waals surface area contributed by atoms with Crippen molar-refractivity contribution in [2.24, 2.45) is 0 Å². The number of hydrogen-bond donors (Lipinski definition) is 3. The number of allylic oxidation sites excluding steroid dienone is 1. The lowest BCUT2D eigenvalue weighted by Crippen LogP contribution is -2.31. The van der Waals surface area contributed by atoms with Gasteiger partial charge in [-0.15, -0.1) is 5.10 Å². The van der Waals surface area contributed by atoms with Crippen molar-refractivity contribution in [3.05, 3.63) is 102 Å². The third-order valence-corrected chi connectivity index (χ3v) is 6.33. The molecule has 0 spiro atoms. The molecule has 0 saturated carbocycles. The number of rotatable bonds is 6. The van der Waals surface area contributed by atoms with E-state index in [4.69, 9.17) is 5.10 Å². The maximum Gasteiger partial charge on any atom is 0.255 e. The van der Waals surface area contributed by atoms with Crippen molar-refractivity contribution in [3.8, 4) is 5.75 Å². The van der Waals surface area contributed by atoms with Gasteiger partial charge in [-0.2, -0.15) is 4.98 Å². The predicted molar refractivity (Wildman–Crippen MR) is 131 cm³/mol. The summed E-state index contributed by atoms with van der Waals surface area (Å²) in [4.78, 5) is 22.1. The number of aromatic nitrogens is 4. The number of benzene rings is 2. The number of carbonyl (C=O) groups is 1. The number of nitrogens with one attached hydrogen (secondary N) is 2. The molecular weight excluding hydrogens is 448 g/mol. The molecule has 2 aromatic heterocycles. The minimum absolute atomic E-state index is 0.151. The molecule has 0 saturated heterocycles. The minimum Gasteiger partial charge on any atom is -0.508 e. The molecule has 4 aromatic rings. The van der Waals surface area contributed by atoms with E-state index in [-0.39, 0.29) is 11.7 Å². The van der Waals surface area contributed by atoms with Crippen molar-refractivity contribution < 1.29 is 9.90 Å². The second-order valence-corrected chi connectivity index (χ2v) is 8.73. The Morgan fingerprint density at radius 2 is 1.91 bits per heavy atom. The largest absolute Gasteiger partial charge is 0.508 e. The molecule has 9 heteroatoms. The van der Waals surface area contributed by atoms with Gasteiger partial charge in [0.1, 0.15) is 11.8 Å². The lowest BCUT2D eigenvalue weighted by atomic mass is 9.95. The van der Waals surface area contributed by atoms with E-state index < -0.39 is 6.04 Å². The summed E-state index contributed by atoms with van der Waals surface area (Å²) in [6, 6.07) is 19.9. The van der Waals surface area contributed by atoms with E-state index in [0.717, 1.165) is 11.3 Å². The Morgan fingerprint density at radius 3 is 2.65 bits per heavy atom. The van der Waals surface area contributed by atoms with E-state index in [9.17, 15) is 9.90 Å². The maximum atomic E-state index is 13.4. The molecule has 5 rings (SSSR count). The standard InChI is InChI=1S/C25H22N6O2S/c1-16-21(23(33)28-19-8-5-13-26-14-19)22(18-9-11-20(32)12-10-18)31-24(27-16)29-25(30-31)34-15-17-6-3-2-4-7-17/h2-14,22,32H,15H2,1H3,(H,28,33)(H,27,29,30)/t22-/m1/s1. The third-order valence-electron chi connectivity index (χ3n) is 5.42. The molecule has 170 valence electrons. The second-order valence-electron chi connectivity index (χ2n) is 7.79. The van der Waals surface area contributed by atoms with Gasteiger partial charge in [0.2, 0.25) is 11.1 Å².